The summed E-state index contributed by atoms with van der Waals surface area (Å²) in [5.74, 6) is 1.55. The molecule has 7 heteroatoms. The van der Waals surface area contributed by atoms with Crippen molar-refractivity contribution in [2.24, 2.45) is 4.99 Å². The van der Waals surface area contributed by atoms with Crippen LogP contribution in [-0.4, -0.2) is 46.4 Å². The topological polar surface area (TPSA) is 79.8 Å². The van der Waals surface area contributed by atoms with Crippen molar-refractivity contribution in [3.8, 4) is 5.75 Å². The van der Waals surface area contributed by atoms with Crippen molar-refractivity contribution in [1.82, 2.24) is 10.6 Å². The first-order valence-corrected chi connectivity index (χ1v) is 11.0. The fourth-order valence-electron chi connectivity index (χ4n) is 2.64. The molecule has 2 N–H and O–H groups in total. The minimum absolute atomic E-state index is 0.0428. The van der Waals surface area contributed by atoms with Crippen molar-refractivity contribution in [2.45, 2.75) is 31.3 Å². The van der Waals surface area contributed by atoms with Gasteiger partial charge in [0.25, 0.3) is 0 Å². The second-order valence-corrected chi connectivity index (χ2v) is 8.72. The lowest BCUT2D eigenvalue weighted by Crippen LogP contribution is -2.42. The number of nitrogens with zero attached hydrogens (tertiary/aromatic N) is 1. The molecule has 152 valence electrons. The Morgan fingerprint density at radius 2 is 1.86 bits per heavy atom. The number of hydrogen-bond donors (Lipinski definition) is 2. The molecule has 0 aromatic heterocycles. The normalized spacial score (nSPS) is 13.0. The summed E-state index contributed by atoms with van der Waals surface area (Å²) in [6, 6.07) is 16.4. The van der Waals surface area contributed by atoms with Crippen LogP contribution in [0.4, 0.5) is 0 Å². The highest BCUT2D eigenvalue weighted by Crippen LogP contribution is 2.14. The predicted molar refractivity (Wildman–Crippen MR) is 114 cm³/mol. The lowest BCUT2D eigenvalue weighted by Gasteiger charge is -2.18. The molecule has 0 aliphatic carbocycles. The van der Waals surface area contributed by atoms with E-state index in [9.17, 15) is 8.42 Å². The zero-order valence-corrected chi connectivity index (χ0v) is 17.5. The predicted octanol–water partition coefficient (Wildman–Crippen LogP) is 2.79. The molecule has 0 saturated carbocycles. The SMILES string of the molecule is CN=C(NCCCS(=O)(=O)c1ccccc1)NCC(C)Oc1cccc(C)c1. The molecule has 1 atom stereocenters. The quantitative estimate of drug-likeness (QED) is 0.382. The van der Waals surface area contributed by atoms with Gasteiger partial charge in [-0.15, -0.1) is 0 Å². The number of hydrogen-bond acceptors (Lipinski definition) is 4. The molecule has 0 radical (unpaired) electrons. The zero-order valence-electron chi connectivity index (χ0n) is 16.7. The van der Waals surface area contributed by atoms with E-state index < -0.39 is 9.84 Å². The van der Waals surface area contributed by atoms with Gasteiger partial charge in [0.15, 0.2) is 15.8 Å². The first kappa shape index (κ1) is 21.8. The number of aliphatic imine (C=N–C) groups is 1. The van der Waals surface area contributed by atoms with E-state index in [-0.39, 0.29) is 11.9 Å². The fourth-order valence-corrected chi connectivity index (χ4v) is 3.97. The van der Waals surface area contributed by atoms with E-state index in [4.69, 9.17) is 4.74 Å². The van der Waals surface area contributed by atoms with E-state index in [0.717, 1.165) is 11.3 Å². The van der Waals surface area contributed by atoms with Gasteiger partial charge in [0.05, 0.1) is 17.2 Å². The van der Waals surface area contributed by atoms with Crippen LogP contribution < -0.4 is 15.4 Å². The molecular weight excluding hydrogens is 374 g/mol. The van der Waals surface area contributed by atoms with Crippen molar-refractivity contribution < 1.29 is 13.2 Å². The minimum Gasteiger partial charge on any atom is -0.489 e. The highest BCUT2D eigenvalue weighted by atomic mass is 32.2. The third-order valence-corrected chi connectivity index (χ3v) is 5.91. The first-order valence-electron chi connectivity index (χ1n) is 9.36. The van der Waals surface area contributed by atoms with Crippen LogP contribution in [0.2, 0.25) is 0 Å². The van der Waals surface area contributed by atoms with Crippen LogP contribution in [0.15, 0.2) is 64.5 Å². The number of rotatable bonds is 9. The largest absolute Gasteiger partial charge is 0.489 e. The Labute approximate surface area is 168 Å². The number of aryl methyl sites for hydroxylation is 1. The van der Waals surface area contributed by atoms with Crippen LogP contribution in [-0.2, 0) is 9.84 Å². The van der Waals surface area contributed by atoms with Crippen LogP contribution in [0.5, 0.6) is 5.75 Å². The third kappa shape index (κ3) is 7.23. The summed E-state index contributed by atoms with van der Waals surface area (Å²) in [5, 5.41) is 6.34. The summed E-state index contributed by atoms with van der Waals surface area (Å²) in [6.45, 7) is 5.10. The first-order chi connectivity index (χ1) is 13.4. The van der Waals surface area contributed by atoms with Crippen molar-refractivity contribution in [1.29, 1.82) is 0 Å². The highest BCUT2D eigenvalue weighted by molar-refractivity contribution is 7.91. The van der Waals surface area contributed by atoms with Gasteiger partial charge in [0.1, 0.15) is 11.9 Å². The summed E-state index contributed by atoms with van der Waals surface area (Å²) < 4.78 is 30.4. The summed E-state index contributed by atoms with van der Waals surface area (Å²) in [7, 11) is -1.57. The Balaban J connectivity index is 1.71. The molecular formula is C21H29N3O3S. The molecule has 0 fully saturated rings. The van der Waals surface area contributed by atoms with E-state index in [2.05, 4.69) is 15.6 Å². The van der Waals surface area contributed by atoms with Gasteiger partial charge in [0.2, 0.25) is 0 Å². The zero-order chi connectivity index (χ0) is 20.4. The maximum Gasteiger partial charge on any atom is 0.191 e. The van der Waals surface area contributed by atoms with Gasteiger partial charge >= 0.3 is 0 Å². The molecule has 28 heavy (non-hydrogen) atoms. The molecule has 0 aliphatic heterocycles. The lowest BCUT2D eigenvalue weighted by molar-refractivity contribution is 0.223. The second-order valence-electron chi connectivity index (χ2n) is 6.61. The highest BCUT2D eigenvalue weighted by Gasteiger charge is 2.13. The molecule has 0 amide bonds. The van der Waals surface area contributed by atoms with Crippen LogP contribution in [0, 0.1) is 6.92 Å². The van der Waals surface area contributed by atoms with Gasteiger partial charge < -0.3 is 15.4 Å². The average Bonchev–Trinajstić information content (AvgIpc) is 2.68. The summed E-state index contributed by atoms with van der Waals surface area (Å²) in [6.07, 6.45) is 0.451. The summed E-state index contributed by atoms with van der Waals surface area (Å²) in [5.41, 5.74) is 1.15. The van der Waals surface area contributed by atoms with Crippen LogP contribution >= 0.6 is 0 Å². The lowest BCUT2D eigenvalue weighted by atomic mass is 10.2. The maximum atomic E-state index is 12.3. The average molecular weight is 404 g/mol. The minimum atomic E-state index is -3.25. The van der Waals surface area contributed by atoms with Crippen molar-refractivity contribution >= 4 is 15.8 Å². The van der Waals surface area contributed by atoms with E-state index in [1.54, 1.807) is 37.4 Å². The second kappa shape index (κ2) is 10.7. The Morgan fingerprint density at radius 3 is 2.54 bits per heavy atom. The van der Waals surface area contributed by atoms with Crippen LogP contribution in [0.1, 0.15) is 18.9 Å². The molecule has 0 spiro atoms. The Kier molecular flexibility index (Phi) is 8.32. The monoisotopic (exact) mass is 403 g/mol. The number of guanidine groups is 1. The van der Waals surface area contributed by atoms with Crippen molar-refractivity contribution in [3.63, 3.8) is 0 Å². The van der Waals surface area contributed by atoms with Gasteiger partial charge in [-0.3, -0.25) is 4.99 Å². The molecule has 2 rings (SSSR count). The molecule has 1 unspecified atom stereocenters. The molecule has 2 aromatic carbocycles. The molecule has 6 nitrogen and oxygen atoms in total. The van der Waals surface area contributed by atoms with E-state index >= 15 is 0 Å². The van der Waals surface area contributed by atoms with E-state index in [0.29, 0.717) is 30.4 Å². The van der Waals surface area contributed by atoms with Gasteiger partial charge in [-0.1, -0.05) is 30.3 Å². The van der Waals surface area contributed by atoms with Gasteiger partial charge in [0, 0.05) is 13.6 Å². The molecule has 0 bridgehead atoms. The maximum absolute atomic E-state index is 12.3. The summed E-state index contributed by atoms with van der Waals surface area (Å²) in [4.78, 5) is 4.52. The Morgan fingerprint density at radius 1 is 1.11 bits per heavy atom. The van der Waals surface area contributed by atoms with Crippen LogP contribution in [0.25, 0.3) is 0 Å². The molecule has 0 heterocycles. The summed E-state index contributed by atoms with van der Waals surface area (Å²) >= 11 is 0. The Hall–Kier alpha value is -2.54. The molecule has 2 aromatic rings. The van der Waals surface area contributed by atoms with Gasteiger partial charge in [-0.05, 0) is 50.1 Å². The van der Waals surface area contributed by atoms with Gasteiger partial charge in [-0.2, -0.15) is 0 Å². The smallest absolute Gasteiger partial charge is 0.191 e. The third-order valence-electron chi connectivity index (χ3n) is 4.09. The molecule has 0 saturated heterocycles. The van der Waals surface area contributed by atoms with E-state index in [1.165, 1.54) is 0 Å². The number of nitrogens with one attached hydrogen (secondary N) is 2. The van der Waals surface area contributed by atoms with Gasteiger partial charge in [-0.25, -0.2) is 8.42 Å². The standard InChI is InChI=1S/C21H29N3O3S/c1-17-9-7-10-19(15-17)27-18(2)16-24-21(22-3)23-13-8-14-28(25,26)20-11-5-4-6-12-20/h4-7,9-12,15,18H,8,13-14,16H2,1-3H3,(H2,22,23,24). The Bertz CT molecular complexity index is 867. The molecule has 0 aliphatic rings. The number of sulfone groups is 1. The van der Waals surface area contributed by atoms with Crippen LogP contribution in [0.3, 0.4) is 0 Å². The number of ether oxygens (including phenoxy) is 1. The van der Waals surface area contributed by atoms with E-state index in [1.807, 2.05) is 38.1 Å². The number of benzene rings is 2. The van der Waals surface area contributed by atoms with Crippen molar-refractivity contribution in [2.75, 3.05) is 25.9 Å². The van der Waals surface area contributed by atoms with Crippen molar-refractivity contribution in [3.05, 3.63) is 60.2 Å². The fraction of sp³-hybridized carbons (Fsp3) is 0.381.